The zero-order valence-electron chi connectivity index (χ0n) is 8.80. The molecule has 0 aliphatic carbocycles. The number of aryl methyl sites for hydroxylation is 2. The second kappa shape index (κ2) is 4.93. The summed E-state index contributed by atoms with van der Waals surface area (Å²) in [6, 6.07) is 0.497. The van der Waals surface area contributed by atoms with Crippen LogP contribution in [0, 0.1) is 13.8 Å². The number of aromatic hydroxyl groups is 1. The predicted octanol–water partition coefficient (Wildman–Crippen LogP) is 2.99. The predicted molar refractivity (Wildman–Crippen MR) is 57.8 cm³/mol. The molecule has 0 bridgehead atoms. The summed E-state index contributed by atoms with van der Waals surface area (Å²) in [5.74, 6) is 0.00752. The van der Waals surface area contributed by atoms with Gasteiger partial charge in [0.05, 0.1) is 0 Å². The summed E-state index contributed by atoms with van der Waals surface area (Å²) in [6.07, 6.45) is -4.46. The van der Waals surface area contributed by atoms with Crippen molar-refractivity contribution in [3.8, 4) is 5.75 Å². The van der Waals surface area contributed by atoms with E-state index in [-0.39, 0.29) is 23.7 Å². The third kappa shape index (κ3) is 3.02. The Morgan fingerprint density at radius 3 is 1.88 bits per heavy atom. The summed E-state index contributed by atoms with van der Waals surface area (Å²) in [5.41, 5.74) is 5.81. The van der Waals surface area contributed by atoms with E-state index in [9.17, 15) is 18.3 Å². The van der Waals surface area contributed by atoms with Gasteiger partial charge in [-0.2, -0.15) is 13.2 Å². The van der Waals surface area contributed by atoms with Crippen LogP contribution in [0.5, 0.6) is 5.75 Å². The van der Waals surface area contributed by atoms with Gasteiger partial charge < -0.3 is 10.8 Å². The van der Waals surface area contributed by atoms with Gasteiger partial charge in [0.1, 0.15) is 11.8 Å². The van der Waals surface area contributed by atoms with Gasteiger partial charge in [-0.3, -0.25) is 0 Å². The number of benzene rings is 1. The Hall–Kier alpha value is -0.940. The van der Waals surface area contributed by atoms with Crippen LogP contribution >= 0.6 is 12.4 Å². The first kappa shape index (κ1) is 15.1. The van der Waals surface area contributed by atoms with E-state index in [4.69, 9.17) is 5.73 Å². The van der Waals surface area contributed by atoms with Gasteiger partial charge in [-0.15, -0.1) is 12.4 Å². The van der Waals surface area contributed by atoms with E-state index in [1.54, 1.807) is 0 Å². The summed E-state index contributed by atoms with van der Waals surface area (Å²) in [6.45, 7) is 3.07. The van der Waals surface area contributed by atoms with Crippen molar-refractivity contribution in [3.05, 3.63) is 28.8 Å². The monoisotopic (exact) mass is 255 g/mol. The molecule has 0 aliphatic rings. The zero-order valence-corrected chi connectivity index (χ0v) is 9.62. The number of alkyl halides is 3. The molecule has 0 spiro atoms. The highest BCUT2D eigenvalue weighted by atomic mass is 35.5. The summed E-state index contributed by atoms with van der Waals surface area (Å²) in [7, 11) is 0. The van der Waals surface area contributed by atoms with Crippen LogP contribution in [0.4, 0.5) is 13.2 Å². The third-order valence-corrected chi connectivity index (χ3v) is 2.23. The van der Waals surface area contributed by atoms with Crippen LogP contribution < -0.4 is 5.73 Å². The fourth-order valence-corrected chi connectivity index (χ4v) is 1.36. The zero-order chi connectivity index (χ0) is 11.8. The normalized spacial score (nSPS) is 13.1. The first-order valence-electron chi connectivity index (χ1n) is 4.36. The molecule has 0 unspecified atom stereocenters. The molecule has 0 fully saturated rings. The van der Waals surface area contributed by atoms with Gasteiger partial charge in [0, 0.05) is 0 Å². The van der Waals surface area contributed by atoms with E-state index < -0.39 is 12.2 Å². The molecule has 0 aromatic heterocycles. The molecule has 2 nitrogen and oxygen atoms in total. The highest BCUT2D eigenvalue weighted by molar-refractivity contribution is 5.85. The molecular formula is C10H13ClF3NO. The highest BCUT2D eigenvalue weighted by Gasteiger charge is 2.38. The molecule has 0 radical (unpaired) electrons. The van der Waals surface area contributed by atoms with Crippen LogP contribution in [0.15, 0.2) is 12.1 Å². The van der Waals surface area contributed by atoms with Gasteiger partial charge in [-0.05, 0) is 30.5 Å². The van der Waals surface area contributed by atoms with E-state index in [1.165, 1.54) is 26.0 Å². The summed E-state index contributed by atoms with van der Waals surface area (Å²) in [4.78, 5) is 0. The molecule has 0 saturated heterocycles. The van der Waals surface area contributed by atoms with Gasteiger partial charge in [0.15, 0.2) is 0 Å². The molecule has 16 heavy (non-hydrogen) atoms. The van der Waals surface area contributed by atoms with Gasteiger partial charge in [-0.1, -0.05) is 12.1 Å². The standard InChI is InChI=1S/C10H12F3NO.ClH/c1-5-3-7(4-6(2)8(5)15)9(14)10(11,12)13;/h3-4,9,15H,14H2,1-2H3;1H/t9-;/m1./s1. The summed E-state index contributed by atoms with van der Waals surface area (Å²) in [5, 5.41) is 9.39. The quantitative estimate of drug-likeness (QED) is 0.810. The van der Waals surface area contributed by atoms with E-state index in [1.807, 2.05) is 0 Å². The maximum atomic E-state index is 12.3. The van der Waals surface area contributed by atoms with Crippen molar-refractivity contribution in [2.75, 3.05) is 0 Å². The van der Waals surface area contributed by atoms with Gasteiger partial charge in [-0.25, -0.2) is 0 Å². The lowest BCUT2D eigenvalue weighted by atomic mass is 10.0. The Kier molecular flexibility index (Phi) is 4.64. The number of hydrogen-bond donors (Lipinski definition) is 2. The maximum Gasteiger partial charge on any atom is 0.407 e. The second-order valence-corrected chi connectivity index (χ2v) is 3.52. The maximum absolute atomic E-state index is 12.3. The molecule has 0 amide bonds. The van der Waals surface area contributed by atoms with E-state index in [2.05, 4.69) is 0 Å². The van der Waals surface area contributed by atoms with Crippen LogP contribution in [-0.4, -0.2) is 11.3 Å². The molecule has 3 N–H and O–H groups in total. The number of phenolic OH excluding ortho intramolecular Hbond substituents is 1. The summed E-state index contributed by atoms with van der Waals surface area (Å²) < 4.78 is 36.9. The molecule has 0 saturated carbocycles. The van der Waals surface area contributed by atoms with E-state index in [0.29, 0.717) is 11.1 Å². The number of halogens is 4. The number of hydrogen-bond acceptors (Lipinski definition) is 2. The Bertz CT molecular complexity index is 356. The third-order valence-electron chi connectivity index (χ3n) is 2.23. The van der Waals surface area contributed by atoms with E-state index in [0.717, 1.165) is 0 Å². The van der Waals surface area contributed by atoms with Crippen molar-refractivity contribution >= 4 is 12.4 Å². The average molecular weight is 256 g/mol. The highest BCUT2D eigenvalue weighted by Crippen LogP contribution is 2.33. The Labute approximate surface area is 97.7 Å². The van der Waals surface area contributed by atoms with Gasteiger partial charge >= 0.3 is 6.18 Å². The minimum Gasteiger partial charge on any atom is -0.507 e. The van der Waals surface area contributed by atoms with Crippen molar-refractivity contribution in [1.82, 2.24) is 0 Å². The molecule has 1 rings (SSSR count). The lowest BCUT2D eigenvalue weighted by Gasteiger charge is -2.17. The van der Waals surface area contributed by atoms with Crippen LogP contribution in [0.1, 0.15) is 22.7 Å². The largest absolute Gasteiger partial charge is 0.507 e. The molecular weight excluding hydrogens is 243 g/mol. The average Bonchev–Trinajstić information content (AvgIpc) is 2.10. The van der Waals surface area contributed by atoms with E-state index >= 15 is 0 Å². The van der Waals surface area contributed by atoms with Gasteiger partial charge in [0.2, 0.25) is 0 Å². The van der Waals surface area contributed by atoms with Crippen molar-refractivity contribution in [2.45, 2.75) is 26.1 Å². The molecule has 6 heteroatoms. The topological polar surface area (TPSA) is 46.2 Å². The molecule has 1 aromatic carbocycles. The van der Waals surface area contributed by atoms with Crippen LogP contribution in [0.2, 0.25) is 0 Å². The lowest BCUT2D eigenvalue weighted by molar-refractivity contribution is -0.149. The van der Waals surface area contributed by atoms with Crippen molar-refractivity contribution < 1.29 is 18.3 Å². The number of rotatable bonds is 1. The lowest BCUT2D eigenvalue weighted by Crippen LogP contribution is -2.28. The molecule has 92 valence electrons. The second-order valence-electron chi connectivity index (χ2n) is 3.52. The molecule has 0 heterocycles. The molecule has 1 atom stereocenters. The first-order chi connectivity index (χ1) is 6.73. The molecule has 1 aromatic rings. The minimum absolute atomic E-state index is 0. The Balaban J connectivity index is 0.00000225. The minimum atomic E-state index is -4.46. The van der Waals surface area contributed by atoms with Crippen molar-refractivity contribution in [1.29, 1.82) is 0 Å². The van der Waals surface area contributed by atoms with Crippen LogP contribution in [0.25, 0.3) is 0 Å². The number of nitrogens with two attached hydrogens (primary N) is 1. The molecule has 0 aliphatic heterocycles. The fourth-order valence-electron chi connectivity index (χ4n) is 1.36. The SMILES string of the molecule is Cc1cc([C@@H](N)C(F)(F)F)cc(C)c1O.Cl. The van der Waals surface area contributed by atoms with Crippen LogP contribution in [-0.2, 0) is 0 Å². The Morgan fingerprint density at radius 1 is 1.19 bits per heavy atom. The fraction of sp³-hybridized carbons (Fsp3) is 0.400. The number of phenols is 1. The Morgan fingerprint density at radius 2 is 1.56 bits per heavy atom. The van der Waals surface area contributed by atoms with Gasteiger partial charge in [0.25, 0.3) is 0 Å². The smallest absolute Gasteiger partial charge is 0.407 e. The van der Waals surface area contributed by atoms with Crippen LogP contribution in [0.3, 0.4) is 0 Å². The van der Waals surface area contributed by atoms with Crippen molar-refractivity contribution in [2.24, 2.45) is 5.73 Å². The first-order valence-corrected chi connectivity index (χ1v) is 4.36. The summed E-state index contributed by atoms with van der Waals surface area (Å²) >= 11 is 0. The van der Waals surface area contributed by atoms with Crippen molar-refractivity contribution in [3.63, 3.8) is 0 Å².